The molecule has 200 valence electrons. The van der Waals surface area contributed by atoms with E-state index in [4.69, 9.17) is 24.7 Å². The van der Waals surface area contributed by atoms with Crippen molar-refractivity contribution in [2.45, 2.75) is 108 Å². The van der Waals surface area contributed by atoms with E-state index in [2.05, 4.69) is 30.6 Å². The summed E-state index contributed by atoms with van der Waals surface area (Å²) in [5.74, 6) is -0.0362. The summed E-state index contributed by atoms with van der Waals surface area (Å²) in [6, 6.07) is 0.162. The lowest BCUT2D eigenvalue weighted by molar-refractivity contribution is -0.120. The summed E-state index contributed by atoms with van der Waals surface area (Å²) in [5, 5.41) is 5.96. The Morgan fingerprint density at radius 3 is 2.34 bits per heavy atom. The van der Waals surface area contributed by atoms with Crippen molar-refractivity contribution in [3.63, 3.8) is 0 Å². The molecule has 1 saturated heterocycles. The fourth-order valence-corrected chi connectivity index (χ4v) is 5.66. The highest BCUT2D eigenvalue weighted by Crippen LogP contribution is 2.50. The molecule has 35 heavy (non-hydrogen) atoms. The number of carbonyl (C=O) groups excluding carboxylic acids is 2. The van der Waals surface area contributed by atoms with Gasteiger partial charge < -0.3 is 35.3 Å². The highest BCUT2D eigenvalue weighted by molar-refractivity contribution is 5.78. The van der Waals surface area contributed by atoms with Crippen molar-refractivity contribution in [3.8, 4) is 0 Å². The summed E-state index contributed by atoms with van der Waals surface area (Å²) >= 11 is 0. The smallest absolute Gasteiger partial charge is 0.407 e. The number of nitrogens with one attached hydrogen (secondary N) is 2. The van der Waals surface area contributed by atoms with E-state index >= 15 is 0 Å². The maximum atomic E-state index is 12.8. The zero-order valence-corrected chi connectivity index (χ0v) is 21.8. The van der Waals surface area contributed by atoms with E-state index in [0.29, 0.717) is 13.0 Å². The number of carbonyl (C=O) groups is 2. The molecule has 9 nitrogen and oxygen atoms in total. The molecule has 1 heterocycles. The van der Waals surface area contributed by atoms with Crippen LogP contribution in [0.5, 0.6) is 0 Å². The predicted molar refractivity (Wildman–Crippen MR) is 133 cm³/mol. The van der Waals surface area contributed by atoms with Crippen LogP contribution < -0.4 is 16.4 Å². The van der Waals surface area contributed by atoms with Gasteiger partial charge in [0, 0.05) is 31.7 Å². The lowest BCUT2D eigenvalue weighted by Gasteiger charge is -2.42. The van der Waals surface area contributed by atoms with Gasteiger partial charge in [-0.3, -0.25) is 4.79 Å². The number of hydrogen-bond donors (Lipinski definition) is 3. The summed E-state index contributed by atoms with van der Waals surface area (Å²) in [6.45, 7) is 7.59. The van der Waals surface area contributed by atoms with Crippen LogP contribution in [0.1, 0.15) is 72.1 Å². The van der Waals surface area contributed by atoms with E-state index in [-0.39, 0.29) is 54.4 Å². The van der Waals surface area contributed by atoms with E-state index < -0.39 is 6.09 Å². The first kappa shape index (κ1) is 27.9. The van der Waals surface area contributed by atoms with E-state index in [1.54, 1.807) is 7.11 Å². The van der Waals surface area contributed by atoms with Crippen LogP contribution in [0.25, 0.3) is 0 Å². The lowest BCUT2D eigenvalue weighted by Crippen LogP contribution is -2.52. The van der Waals surface area contributed by atoms with Gasteiger partial charge in [-0.1, -0.05) is 11.6 Å². The largest absolute Gasteiger partial charge is 0.443 e. The second-order valence-corrected chi connectivity index (χ2v) is 10.4. The van der Waals surface area contributed by atoms with E-state index in [9.17, 15) is 9.59 Å². The number of nitrogens with two attached hydrogens (primary N) is 1. The summed E-state index contributed by atoms with van der Waals surface area (Å²) in [6.07, 6.45) is 7.74. The molecule has 0 aromatic heterocycles. The van der Waals surface area contributed by atoms with Gasteiger partial charge in [-0.25, -0.2) is 4.79 Å². The normalized spacial score (nSPS) is 33.0. The van der Waals surface area contributed by atoms with Crippen LogP contribution in [0.15, 0.2) is 11.6 Å². The first-order valence-corrected chi connectivity index (χ1v) is 13.2. The Labute approximate surface area is 209 Å². The number of alkyl carbamates (subject to hydrolysis) is 1. The lowest BCUT2D eigenvalue weighted by atomic mass is 9.72. The minimum absolute atomic E-state index is 0.000139. The summed E-state index contributed by atoms with van der Waals surface area (Å²) in [4.78, 5) is 24.3. The summed E-state index contributed by atoms with van der Waals surface area (Å²) < 4.78 is 23.9. The Hall–Kier alpha value is -1.68. The number of amides is 2. The number of rotatable bonds is 11. The molecule has 4 N–H and O–H groups in total. The maximum absolute atomic E-state index is 12.8. The highest BCUT2D eigenvalue weighted by Gasteiger charge is 2.59. The molecule has 2 saturated carbocycles. The molecule has 0 bridgehead atoms. The van der Waals surface area contributed by atoms with Crippen LogP contribution in [0, 0.1) is 5.92 Å². The van der Waals surface area contributed by atoms with E-state index in [1.165, 1.54) is 5.57 Å². The van der Waals surface area contributed by atoms with E-state index in [0.717, 1.165) is 51.6 Å². The third-order valence-electron chi connectivity index (χ3n) is 7.64. The molecule has 1 aliphatic heterocycles. The number of allylic oxidation sites excluding steroid dienone is 1. The van der Waals surface area contributed by atoms with Crippen LogP contribution in [-0.2, 0) is 23.7 Å². The topological polar surface area (TPSA) is 124 Å². The number of ether oxygens (including phenoxy) is 4. The Kier molecular flexibility index (Phi) is 10.4. The zero-order valence-electron chi connectivity index (χ0n) is 21.8. The molecule has 3 aliphatic rings. The highest BCUT2D eigenvalue weighted by atomic mass is 16.6. The van der Waals surface area contributed by atoms with Crippen LogP contribution >= 0.6 is 0 Å². The average molecular weight is 496 g/mol. The minimum Gasteiger partial charge on any atom is -0.443 e. The Morgan fingerprint density at radius 2 is 1.80 bits per heavy atom. The van der Waals surface area contributed by atoms with Crippen LogP contribution in [0.3, 0.4) is 0 Å². The van der Waals surface area contributed by atoms with Crippen LogP contribution in [0.2, 0.25) is 0 Å². The van der Waals surface area contributed by atoms with Gasteiger partial charge in [-0.15, -0.1) is 0 Å². The van der Waals surface area contributed by atoms with Crippen molar-refractivity contribution >= 4 is 12.0 Å². The van der Waals surface area contributed by atoms with Crippen molar-refractivity contribution in [2.24, 2.45) is 11.7 Å². The predicted octanol–water partition coefficient (Wildman–Crippen LogP) is 2.81. The minimum atomic E-state index is -0.399. The van der Waals surface area contributed by atoms with Crippen molar-refractivity contribution < 1.29 is 28.5 Å². The molecule has 2 aliphatic carbocycles. The van der Waals surface area contributed by atoms with E-state index in [1.807, 2.05) is 6.92 Å². The summed E-state index contributed by atoms with van der Waals surface area (Å²) in [5.41, 5.74) is 6.46. The molecule has 2 amide bonds. The zero-order chi connectivity index (χ0) is 25.4. The fourth-order valence-electron chi connectivity index (χ4n) is 5.66. The van der Waals surface area contributed by atoms with Crippen LogP contribution in [-0.4, -0.2) is 74.9 Å². The molecule has 9 heteroatoms. The molecule has 1 spiro atoms. The first-order valence-electron chi connectivity index (χ1n) is 13.2. The maximum Gasteiger partial charge on any atom is 0.407 e. The number of epoxide rings is 1. The van der Waals surface area contributed by atoms with Gasteiger partial charge in [0.2, 0.25) is 5.91 Å². The standard InChI is InChI=1S/C26H45N3O6/c1-5-33-20(11-6-17(2)3)14-21-24(32-4)22(12-13-26(21)16-34-26)35-25(31)29-19-9-7-18(8-10-19)28-23(30)15-27/h6,18-22,24H,5,7-16,27H2,1-4H3,(H,28,30)(H,29,31)/t18?,19?,20-,21?,22?,24?,26+/m1/s1. The SMILES string of the molecule is CCO[C@H](CC=C(C)C)CC1C(OC)C(OC(=O)NC2CCC(NC(=O)CN)CC2)CC[C@]12CO2. The van der Waals surface area contributed by atoms with Crippen molar-refractivity contribution in [1.82, 2.24) is 10.6 Å². The van der Waals surface area contributed by atoms with Gasteiger partial charge in [0.05, 0.1) is 31.0 Å². The third-order valence-corrected chi connectivity index (χ3v) is 7.64. The molecule has 3 fully saturated rings. The monoisotopic (exact) mass is 495 g/mol. The molecule has 3 rings (SSSR count). The first-order chi connectivity index (χ1) is 16.8. The Balaban J connectivity index is 1.55. The molecular formula is C26H45N3O6. The molecule has 3 unspecified atom stereocenters. The van der Waals surface area contributed by atoms with Gasteiger partial charge in [0.25, 0.3) is 0 Å². The summed E-state index contributed by atoms with van der Waals surface area (Å²) in [7, 11) is 1.69. The van der Waals surface area contributed by atoms with Gasteiger partial charge >= 0.3 is 6.09 Å². The second kappa shape index (κ2) is 13.0. The Morgan fingerprint density at radius 1 is 1.14 bits per heavy atom. The molecule has 0 radical (unpaired) electrons. The molecule has 0 aromatic carbocycles. The van der Waals surface area contributed by atoms with Gasteiger partial charge in [0.1, 0.15) is 6.10 Å². The molecular weight excluding hydrogens is 450 g/mol. The molecule has 0 aromatic rings. The number of hydrogen-bond acceptors (Lipinski definition) is 7. The number of methoxy groups -OCH3 is 1. The quantitative estimate of drug-likeness (QED) is 0.297. The fraction of sp³-hybridized carbons (Fsp3) is 0.846. The van der Waals surface area contributed by atoms with Gasteiger partial charge in [0.15, 0.2) is 0 Å². The van der Waals surface area contributed by atoms with Crippen molar-refractivity contribution in [3.05, 3.63) is 11.6 Å². The van der Waals surface area contributed by atoms with Crippen LogP contribution in [0.4, 0.5) is 4.79 Å². The van der Waals surface area contributed by atoms with Gasteiger partial charge in [-0.05, 0) is 72.1 Å². The second-order valence-electron chi connectivity index (χ2n) is 10.4. The van der Waals surface area contributed by atoms with Crippen molar-refractivity contribution in [1.29, 1.82) is 0 Å². The Bertz CT molecular complexity index is 729. The van der Waals surface area contributed by atoms with Gasteiger partial charge in [-0.2, -0.15) is 0 Å². The third kappa shape index (κ3) is 7.90. The molecule has 5 atom stereocenters. The average Bonchev–Trinajstić information content (AvgIpc) is 3.61. The van der Waals surface area contributed by atoms with Crippen molar-refractivity contribution in [2.75, 3.05) is 26.9 Å².